The molecule has 0 bridgehead atoms. The Balaban J connectivity index is 1.79. The average molecular weight is 293 g/mol. The smallest absolute Gasteiger partial charge is 0.394 e. The molecule has 0 saturated carbocycles. The van der Waals surface area contributed by atoms with Crippen molar-refractivity contribution in [2.24, 2.45) is 0 Å². The van der Waals surface area contributed by atoms with E-state index in [0.717, 1.165) is 11.1 Å². The molecule has 3 rings (SSSR count). The monoisotopic (exact) mass is 293 g/mol. The van der Waals surface area contributed by atoms with Crippen LogP contribution in [0.5, 0.6) is 0 Å². The Labute approximate surface area is 128 Å². The topological polar surface area (TPSA) is 52.3 Å². The van der Waals surface area contributed by atoms with Crippen LogP contribution in [-0.4, -0.2) is 17.6 Å². The summed E-state index contributed by atoms with van der Waals surface area (Å²) in [5, 5.41) is 0. The quantitative estimate of drug-likeness (QED) is 0.674. The van der Waals surface area contributed by atoms with Crippen LogP contribution in [0, 0.1) is 0 Å². The molecule has 0 saturated heterocycles. The fourth-order valence-corrected chi connectivity index (χ4v) is 2.30. The summed E-state index contributed by atoms with van der Waals surface area (Å²) in [7, 11) is 0. The van der Waals surface area contributed by atoms with Crippen molar-refractivity contribution in [2.75, 3.05) is 6.61 Å². The van der Waals surface area contributed by atoms with Crippen molar-refractivity contribution in [1.29, 1.82) is 0 Å². The number of benzene rings is 2. The first-order chi connectivity index (χ1) is 10.8. The SMILES string of the molecule is O=C(OCC(c1ccccc1)c1ccccc1)c1ncco1. The first kappa shape index (κ1) is 14.1. The summed E-state index contributed by atoms with van der Waals surface area (Å²) < 4.78 is 10.3. The van der Waals surface area contributed by atoms with E-state index in [2.05, 4.69) is 4.98 Å². The number of ether oxygens (including phenoxy) is 1. The van der Waals surface area contributed by atoms with Gasteiger partial charge in [-0.25, -0.2) is 9.78 Å². The fourth-order valence-electron chi connectivity index (χ4n) is 2.30. The molecular formula is C18H15NO3. The number of esters is 1. The van der Waals surface area contributed by atoms with Crippen LogP contribution in [0.1, 0.15) is 27.7 Å². The summed E-state index contributed by atoms with van der Waals surface area (Å²) in [6, 6.07) is 19.9. The first-order valence-electron chi connectivity index (χ1n) is 7.01. The van der Waals surface area contributed by atoms with Crippen LogP contribution in [0.15, 0.2) is 77.5 Å². The van der Waals surface area contributed by atoms with Gasteiger partial charge >= 0.3 is 11.9 Å². The van der Waals surface area contributed by atoms with E-state index in [1.165, 1.54) is 12.5 Å². The molecule has 0 unspecified atom stereocenters. The highest BCUT2D eigenvalue weighted by molar-refractivity contribution is 5.84. The largest absolute Gasteiger partial charge is 0.458 e. The zero-order valence-corrected chi connectivity index (χ0v) is 11.9. The van der Waals surface area contributed by atoms with Gasteiger partial charge in [-0.15, -0.1) is 0 Å². The van der Waals surface area contributed by atoms with Gasteiger partial charge in [0.25, 0.3) is 0 Å². The molecule has 1 aromatic heterocycles. The Kier molecular flexibility index (Phi) is 4.30. The Morgan fingerprint density at radius 1 is 1.00 bits per heavy atom. The summed E-state index contributed by atoms with van der Waals surface area (Å²) in [6.07, 6.45) is 2.77. The number of hydrogen-bond donors (Lipinski definition) is 0. The van der Waals surface area contributed by atoms with Gasteiger partial charge in [-0.3, -0.25) is 0 Å². The van der Waals surface area contributed by atoms with E-state index in [1.54, 1.807) is 0 Å². The van der Waals surface area contributed by atoms with E-state index < -0.39 is 5.97 Å². The Morgan fingerprint density at radius 3 is 2.09 bits per heavy atom. The third kappa shape index (κ3) is 3.23. The van der Waals surface area contributed by atoms with Gasteiger partial charge in [-0.1, -0.05) is 60.7 Å². The van der Waals surface area contributed by atoms with Crippen molar-refractivity contribution in [3.8, 4) is 0 Å². The maximum Gasteiger partial charge on any atom is 0.394 e. The molecule has 0 aliphatic carbocycles. The standard InChI is InChI=1S/C18H15NO3/c20-18(17-19-11-12-21-17)22-13-16(14-7-3-1-4-8-14)15-9-5-2-6-10-15/h1-12,16H,13H2. The normalized spacial score (nSPS) is 10.6. The van der Waals surface area contributed by atoms with Crippen LogP contribution in [0.25, 0.3) is 0 Å². The minimum Gasteiger partial charge on any atom is -0.458 e. The Hall–Kier alpha value is -2.88. The number of oxazole rings is 1. The van der Waals surface area contributed by atoms with Gasteiger partial charge in [0.15, 0.2) is 0 Å². The zero-order valence-electron chi connectivity index (χ0n) is 11.9. The van der Waals surface area contributed by atoms with E-state index in [4.69, 9.17) is 9.15 Å². The van der Waals surface area contributed by atoms with Crippen molar-refractivity contribution in [1.82, 2.24) is 4.98 Å². The molecule has 110 valence electrons. The molecule has 22 heavy (non-hydrogen) atoms. The average Bonchev–Trinajstić information content (AvgIpc) is 3.11. The second-order valence-corrected chi connectivity index (χ2v) is 4.81. The summed E-state index contributed by atoms with van der Waals surface area (Å²) in [4.78, 5) is 15.7. The number of hydrogen-bond acceptors (Lipinski definition) is 4. The molecular weight excluding hydrogens is 278 g/mol. The molecule has 0 atom stereocenters. The predicted octanol–water partition coefficient (Wildman–Crippen LogP) is 3.66. The second-order valence-electron chi connectivity index (χ2n) is 4.81. The third-order valence-corrected chi connectivity index (χ3v) is 3.39. The first-order valence-corrected chi connectivity index (χ1v) is 7.01. The number of nitrogens with zero attached hydrogens (tertiary/aromatic N) is 1. The summed E-state index contributed by atoms with van der Waals surface area (Å²) in [5.74, 6) is -0.608. The van der Waals surface area contributed by atoms with Crippen molar-refractivity contribution in [3.63, 3.8) is 0 Å². The summed E-state index contributed by atoms with van der Waals surface area (Å²) >= 11 is 0. The summed E-state index contributed by atoms with van der Waals surface area (Å²) in [6.45, 7) is 0.231. The molecule has 0 amide bonds. The maximum atomic E-state index is 11.9. The van der Waals surface area contributed by atoms with Gasteiger partial charge in [-0.2, -0.15) is 0 Å². The number of aromatic nitrogens is 1. The van der Waals surface area contributed by atoms with Gasteiger partial charge in [0.1, 0.15) is 12.9 Å². The molecule has 3 aromatic rings. The highest BCUT2D eigenvalue weighted by Gasteiger charge is 2.19. The minimum absolute atomic E-state index is 0.0266. The predicted molar refractivity (Wildman–Crippen MR) is 81.5 cm³/mol. The number of carbonyl (C=O) groups is 1. The lowest BCUT2D eigenvalue weighted by molar-refractivity contribution is 0.0447. The number of carbonyl (C=O) groups excluding carboxylic acids is 1. The molecule has 0 radical (unpaired) electrons. The van der Waals surface area contributed by atoms with Crippen LogP contribution in [0.4, 0.5) is 0 Å². The molecule has 4 heteroatoms. The number of rotatable bonds is 5. The van der Waals surface area contributed by atoms with Crippen molar-refractivity contribution in [3.05, 3.63) is 90.1 Å². The van der Waals surface area contributed by atoms with Crippen LogP contribution in [-0.2, 0) is 4.74 Å². The van der Waals surface area contributed by atoms with E-state index in [1.807, 2.05) is 60.7 Å². The molecule has 0 aliphatic rings. The molecule has 0 spiro atoms. The maximum absolute atomic E-state index is 11.9. The molecule has 1 heterocycles. The highest BCUT2D eigenvalue weighted by atomic mass is 16.5. The second kappa shape index (κ2) is 6.72. The highest BCUT2D eigenvalue weighted by Crippen LogP contribution is 2.25. The van der Waals surface area contributed by atoms with Crippen molar-refractivity contribution in [2.45, 2.75) is 5.92 Å². The van der Waals surface area contributed by atoms with Crippen LogP contribution < -0.4 is 0 Å². The minimum atomic E-state index is -0.554. The lowest BCUT2D eigenvalue weighted by Crippen LogP contribution is -2.14. The lowest BCUT2D eigenvalue weighted by Gasteiger charge is -2.17. The Bertz CT molecular complexity index is 669. The van der Waals surface area contributed by atoms with Crippen molar-refractivity contribution >= 4 is 5.97 Å². The van der Waals surface area contributed by atoms with Crippen LogP contribution in [0.2, 0.25) is 0 Å². The van der Waals surface area contributed by atoms with Crippen LogP contribution >= 0.6 is 0 Å². The lowest BCUT2D eigenvalue weighted by atomic mass is 9.92. The molecule has 0 aliphatic heterocycles. The molecule has 0 N–H and O–H groups in total. The van der Waals surface area contributed by atoms with Crippen molar-refractivity contribution < 1.29 is 13.9 Å². The van der Waals surface area contributed by atoms with Crippen LogP contribution in [0.3, 0.4) is 0 Å². The van der Waals surface area contributed by atoms with Gasteiger partial charge < -0.3 is 9.15 Å². The van der Waals surface area contributed by atoms with E-state index in [0.29, 0.717) is 0 Å². The fraction of sp³-hybridized carbons (Fsp3) is 0.111. The molecule has 4 nitrogen and oxygen atoms in total. The summed E-state index contributed by atoms with van der Waals surface area (Å²) in [5.41, 5.74) is 2.18. The van der Waals surface area contributed by atoms with E-state index >= 15 is 0 Å². The van der Waals surface area contributed by atoms with E-state index in [-0.39, 0.29) is 18.4 Å². The van der Waals surface area contributed by atoms with Gasteiger partial charge in [0, 0.05) is 5.92 Å². The zero-order chi connectivity index (χ0) is 15.2. The third-order valence-electron chi connectivity index (χ3n) is 3.39. The van der Waals surface area contributed by atoms with E-state index in [9.17, 15) is 4.79 Å². The molecule has 0 fully saturated rings. The molecule has 2 aromatic carbocycles. The van der Waals surface area contributed by atoms with Gasteiger partial charge in [-0.05, 0) is 11.1 Å². The van der Waals surface area contributed by atoms with Gasteiger partial charge in [0.2, 0.25) is 0 Å². The van der Waals surface area contributed by atoms with Gasteiger partial charge in [0.05, 0.1) is 6.20 Å². The Morgan fingerprint density at radius 2 is 1.59 bits per heavy atom.